The summed E-state index contributed by atoms with van der Waals surface area (Å²) in [5.74, 6) is 0.0168. The van der Waals surface area contributed by atoms with Crippen molar-refractivity contribution in [3.63, 3.8) is 0 Å². The molecule has 0 aliphatic carbocycles. The van der Waals surface area contributed by atoms with Crippen LogP contribution in [0.1, 0.15) is 34.6 Å². The Morgan fingerprint density at radius 1 is 1.35 bits per heavy atom. The van der Waals surface area contributed by atoms with Gasteiger partial charge in [-0.1, -0.05) is 0 Å². The maximum atomic E-state index is 12.1. The highest BCUT2D eigenvalue weighted by molar-refractivity contribution is 6.19. The zero-order chi connectivity index (χ0) is 13.6. The Morgan fingerprint density at radius 3 is 2.24 bits per heavy atom. The molecule has 0 bridgehead atoms. The third kappa shape index (κ3) is 5.39. The van der Waals surface area contributed by atoms with Gasteiger partial charge in [0.1, 0.15) is 0 Å². The summed E-state index contributed by atoms with van der Waals surface area (Å²) in [6.07, 6.45) is 0. The van der Waals surface area contributed by atoms with Crippen LogP contribution >= 0.6 is 11.6 Å². The van der Waals surface area contributed by atoms with Crippen LogP contribution in [0.2, 0.25) is 0 Å². The van der Waals surface area contributed by atoms with Crippen LogP contribution < -0.4 is 5.32 Å². The van der Waals surface area contributed by atoms with Crippen LogP contribution in [-0.4, -0.2) is 41.7 Å². The van der Waals surface area contributed by atoms with Gasteiger partial charge in [-0.05, 0) is 34.6 Å². The minimum absolute atomic E-state index is 0.0809. The molecule has 1 N–H and O–H groups in total. The molecule has 0 aromatic heterocycles. The topological polar surface area (TPSA) is 49.4 Å². The molecular weight excluding hydrogens is 240 g/mol. The van der Waals surface area contributed by atoms with E-state index >= 15 is 0 Å². The number of nitrogens with one attached hydrogen (secondary N) is 1. The molecule has 0 saturated carbocycles. The van der Waals surface area contributed by atoms with Crippen LogP contribution in [0.4, 0.5) is 0 Å². The van der Waals surface area contributed by atoms with Crippen LogP contribution in [0.15, 0.2) is 0 Å². The fourth-order valence-electron chi connectivity index (χ4n) is 1.35. The zero-order valence-corrected chi connectivity index (χ0v) is 12.1. The normalized spacial score (nSPS) is 11.5. The molecule has 4 nitrogen and oxygen atoms in total. The molecule has 0 aromatic carbocycles. The maximum absolute atomic E-state index is 12.1. The number of amides is 2. The van der Waals surface area contributed by atoms with E-state index in [2.05, 4.69) is 5.32 Å². The lowest BCUT2D eigenvalue weighted by Crippen LogP contribution is -2.47. The SMILES string of the molecule is CCN(CC(=O)NC(C)C)C(=O)C(C)(C)CCl. The third-order valence-electron chi connectivity index (χ3n) is 2.37. The Balaban J connectivity index is 4.54. The quantitative estimate of drug-likeness (QED) is 0.740. The highest BCUT2D eigenvalue weighted by atomic mass is 35.5. The molecular formula is C12H23ClN2O2. The monoisotopic (exact) mass is 262 g/mol. The summed E-state index contributed by atoms with van der Waals surface area (Å²) in [7, 11) is 0. The number of rotatable bonds is 6. The third-order valence-corrected chi connectivity index (χ3v) is 3.03. The van der Waals surface area contributed by atoms with Crippen molar-refractivity contribution in [3.8, 4) is 0 Å². The first-order valence-corrected chi connectivity index (χ1v) is 6.42. The first-order valence-electron chi connectivity index (χ1n) is 5.89. The average molecular weight is 263 g/mol. The van der Waals surface area contributed by atoms with Gasteiger partial charge in [0.15, 0.2) is 0 Å². The number of carbonyl (C=O) groups excluding carboxylic acids is 2. The Morgan fingerprint density at radius 2 is 1.88 bits per heavy atom. The van der Waals surface area contributed by atoms with Crippen molar-refractivity contribution in [2.24, 2.45) is 5.41 Å². The molecule has 5 heteroatoms. The van der Waals surface area contributed by atoms with Crippen LogP contribution in [0, 0.1) is 5.41 Å². The summed E-state index contributed by atoms with van der Waals surface area (Å²) in [4.78, 5) is 25.2. The minimum atomic E-state index is -0.629. The van der Waals surface area contributed by atoms with Gasteiger partial charge in [0.25, 0.3) is 0 Å². The van der Waals surface area contributed by atoms with Crippen LogP contribution in [-0.2, 0) is 9.59 Å². The number of alkyl halides is 1. The predicted molar refractivity (Wildman–Crippen MR) is 70.0 cm³/mol. The predicted octanol–water partition coefficient (Wildman–Crippen LogP) is 1.62. The van der Waals surface area contributed by atoms with E-state index in [9.17, 15) is 9.59 Å². The van der Waals surface area contributed by atoms with Gasteiger partial charge in [-0.15, -0.1) is 11.6 Å². The Hall–Kier alpha value is -0.770. The molecule has 0 radical (unpaired) electrons. The molecule has 0 unspecified atom stereocenters. The van der Waals surface area contributed by atoms with Crippen molar-refractivity contribution in [3.05, 3.63) is 0 Å². The average Bonchev–Trinajstić information content (AvgIpc) is 2.23. The lowest BCUT2D eigenvalue weighted by Gasteiger charge is -2.29. The molecule has 0 heterocycles. The minimum Gasteiger partial charge on any atom is -0.352 e. The van der Waals surface area contributed by atoms with E-state index in [1.807, 2.05) is 20.8 Å². The Labute approximate surface area is 109 Å². The molecule has 0 aromatic rings. The molecule has 17 heavy (non-hydrogen) atoms. The molecule has 0 fully saturated rings. The standard InChI is InChI=1S/C12H23ClN2O2/c1-6-15(7-10(16)14-9(2)3)11(17)12(4,5)8-13/h9H,6-8H2,1-5H3,(H,14,16). The van der Waals surface area contributed by atoms with Gasteiger partial charge in [0, 0.05) is 18.5 Å². The van der Waals surface area contributed by atoms with Crippen LogP contribution in [0.3, 0.4) is 0 Å². The zero-order valence-electron chi connectivity index (χ0n) is 11.3. The van der Waals surface area contributed by atoms with Gasteiger partial charge in [-0.25, -0.2) is 0 Å². The largest absolute Gasteiger partial charge is 0.352 e. The maximum Gasteiger partial charge on any atom is 0.239 e. The summed E-state index contributed by atoms with van der Waals surface area (Å²) < 4.78 is 0. The molecule has 0 aliphatic heterocycles. The van der Waals surface area contributed by atoms with Gasteiger partial charge < -0.3 is 10.2 Å². The molecule has 2 amide bonds. The first-order chi connectivity index (χ1) is 7.74. The van der Waals surface area contributed by atoms with E-state index in [4.69, 9.17) is 11.6 Å². The second kappa shape index (κ2) is 6.84. The molecule has 0 atom stereocenters. The Bertz CT molecular complexity index is 278. The smallest absolute Gasteiger partial charge is 0.239 e. The van der Waals surface area contributed by atoms with E-state index in [1.54, 1.807) is 13.8 Å². The number of likely N-dealkylation sites (N-methyl/N-ethyl adjacent to an activating group) is 1. The van der Waals surface area contributed by atoms with Gasteiger partial charge in [-0.2, -0.15) is 0 Å². The van der Waals surface area contributed by atoms with Gasteiger partial charge in [0.05, 0.1) is 12.0 Å². The van der Waals surface area contributed by atoms with Crippen molar-refractivity contribution in [2.45, 2.75) is 40.7 Å². The summed E-state index contributed by atoms with van der Waals surface area (Å²) in [5, 5.41) is 2.77. The molecule has 0 spiro atoms. The number of nitrogens with zero attached hydrogens (tertiary/aromatic N) is 1. The first kappa shape index (κ1) is 16.2. The highest BCUT2D eigenvalue weighted by Gasteiger charge is 2.31. The summed E-state index contributed by atoms with van der Waals surface area (Å²) in [6.45, 7) is 9.79. The highest BCUT2D eigenvalue weighted by Crippen LogP contribution is 2.20. The van der Waals surface area contributed by atoms with E-state index in [1.165, 1.54) is 4.90 Å². The fraction of sp³-hybridized carbons (Fsp3) is 0.833. The van der Waals surface area contributed by atoms with Crippen molar-refractivity contribution in [1.29, 1.82) is 0 Å². The number of halogens is 1. The van der Waals surface area contributed by atoms with Crippen molar-refractivity contribution < 1.29 is 9.59 Å². The molecule has 100 valence electrons. The Kier molecular flexibility index (Phi) is 6.53. The summed E-state index contributed by atoms with van der Waals surface area (Å²) >= 11 is 5.76. The number of carbonyl (C=O) groups is 2. The van der Waals surface area contributed by atoms with Crippen LogP contribution in [0.25, 0.3) is 0 Å². The van der Waals surface area contributed by atoms with Gasteiger partial charge in [0.2, 0.25) is 11.8 Å². The van der Waals surface area contributed by atoms with Crippen molar-refractivity contribution in [1.82, 2.24) is 10.2 Å². The number of hydrogen-bond donors (Lipinski definition) is 1. The van der Waals surface area contributed by atoms with Gasteiger partial charge >= 0.3 is 0 Å². The lowest BCUT2D eigenvalue weighted by atomic mass is 9.94. The van der Waals surface area contributed by atoms with Crippen molar-refractivity contribution in [2.75, 3.05) is 19.0 Å². The van der Waals surface area contributed by atoms with Crippen molar-refractivity contribution >= 4 is 23.4 Å². The fourth-order valence-corrected chi connectivity index (χ4v) is 1.47. The lowest BCUT2D eigenvalue weighted by molar-refractivity contribution is -0.142. The molecule has 0 rings (SSSR count). The summed E-state index contributed by atoms with van der Waals surface area (Å²) in [5.41, 5.74) is -0.629. The van der Waals surface area contributed by atoms with E-state index in [-0.39, 0.29) is 30.3 Å². The molecule has 0 saturated heterocycles. The molecule has 0 aliphatic rings. The van der Waals surface area contributed by atoms with Crippen LogP contribution in [0.5, 0.6) is 0 Å². The number of hydrogen-bond acceptors (Lipinski definition) is 2. The van der Waals surface area contributed by atoms with Gasteiger partial charge in [-0.3, -0.25) is 9.59 Å². The van der Waals surface area contributed by atoms with E-state index in [0.29, 0.717) is 6.54 Å². The van der Waals surface area contributed by atoms with E-state index < -0.39 is 5.41 Å². The summed E-state index contributed by atoms with van der Waals surface area (Å²) in [6, 6.07) is 0.0809. The second-order valence-electron chi connectivity index (χ2n) is 5.06. The second-order valence-corrected chi connectivity index (χ2v) is 5.33. The van der Waals surface area contributed by atoms with E-state index in [0.717, 1.165) is 0 Å².